The fraction of sp³-hybridized carbons (Fsp3) is 0.500. The largest absolute Gasteiger partial charge is 0.347 e. The van der Waals surface area contributed by atoms with Crippen LogP contribution in [-0.2, 0) is 9.59 Å². The third kappa shape index (κ3) is 6.27. The van der Waals surface area contributed by atoms with Crippen LogP contribution in [0.1, 0.15) is 57.8 Å². The molecule has 2 N–H and O–H groups in total. The van der Waals surface area contributed by atoms with E-state index >= 15 is 0 Å². The summed E-state index contributed by atoms with van der Waals surface area (Å²) in [6.07, 6.45) is 4.39. The number of nitrogens with one attached hydrogen (secondary N) is 2. The number of pyridine rings is 1. The predicted molar refractivity (Wildman–Crippen MR) is 144 cm³/mol. The van der Waals surface area contributed by atoms with Crippen molar-refractivity contribution in [1.29, 1.82) is 0 Å². The molecule has 1 unspecified atom stereocenters. The van der Waals surface area contributed by atoms with Crippen LogP contribution in [0.5, 0.6) is 0 Å². The van der Waals surface area contributed by atoms with Gasteiger partial charge in [-0.3, -0.25) is 14.6 Å². The van der Waals surface area contributed by atoms with Gasteiger partial charge in [-0.1, -0.05) is 51.5 Å². The smallest absolute Gasteiger partial charge is 0.250 e. The zero-order chi connectivity index (χ0) is 26.7. The molecule has 0 bridgehead atoms. The van der Waals surface area contributed by atoms with Gasteiger partial charge in [-0.15, -0.1) is 0 Å². The van der Waals surface area contributed by atoms with Crippen LogP contribution in [0.15, 0.2) is 54.2 Å². The molecule has 2 amide bonds. The van der Waals surface area contributed by atoms with E-state index < -0.39 is 5.82 Å². The van der Waals surface area contributed by atoms with E-state index in [4.69, 9.17) is 0 Å². The molecule has 1 aromatic carbocycles. The summed E-state index contributed by atoms with van der Waals surface area (Å²) in [5.41, 5.74) is 3.57. The first-order valence-corrected chi connectivity index (χ1v) is 13.3. The van der Waals surface area contributed by atoms with Gasteiger partial charge in [-0.25, -0.2) is 4.39 Å². The Morgan fingerprint density at radius 3 is 2.65 bits per heavy atom. The quantitative estimate of drug-likeness (QED) is 0.557. The summed E-state index contributed by atoms with van der Waals surface area (Å²) in [6, 6.07) is 10.7. The van der Waals surface area contributed by atoms with Crippen molar-refractivity contribution in [3.63, 3.8) is 0 Å². The Hall–Kier alpha value is -3.06. The molecule has 3 heterocycles. The fourth-order valence-corrected chi connectivity index (χ4v) is 5.70. The number of carbonyl (C=O) groups excluding carboxylic acids is 2. The zero-order valence-corrected chi connectivity index (χ0v) is 22.6. The van der Waals surface area contributed by atoms with Gasteiger partial charge in [0.1, 0.15) is 5.82 Å². The van der Waals surface area contributed by atoms with E-state index in [1.54, 1.807) is 12.1 Å². The Bertz CT molecular complexity index is 1160. The Kier molecular flexibility index (Phi) is 8.12. The number of aryl methyl sites for hydroxylation is 1. The predicted octanol–water partition coefficient (Wildman–Crippen LogP) is 4.96. The second-order valence-electron chi connectivity index (χ2n) is 11.6. The molecule has 2 aliphatic heterocycles. The van der Waals surface area contributed by atoms with Gasteiger partial charge >= 0.3 is 0 Å². The summed E-state index contributed by atoms with van der Waals surface area (Å²) in [4.78, 5) is 32.8. The van der Waals surface area contributed by atoms with Crippen LogP contribution < -0.4 is 15.5 Å². The van der Waals surface area contributed by atoms with E-state index in [2.05, 4.69) is 43.3 Å². The van der Waals surface area contributed by atoms with Crippen molar-refractivity contribution in [2.24, 2.45) is 23.2 Å². The van der Waals surface area contributed by atoms with E-state index in [0.717, 1.165) is 29.8 Å². The number of halogens is 1. The third-order valence-corrected chi connectivity index (χ3v) is 7.58. The lowest BCUT2D eigenvalue weighted by molar-refractivity contribution is -0.126. The van der Waals surface area contributed by atoms with Crippen LogP contribution in [0.3, 0.4) is 0 Å². The molecule has 4 rings (SSSR count). The topological polar surface area (TPSA) is 74.3 Å². The SMILES string of the molecule is Cc1ccccc1N1CC(C)(C)C([C@H]2CNC[C@@H](C(=O)NC(CC(C)C)c3ccc(F)cn3)C2)=CC1=O. The summed E-state index contributed by atoms with van der Waals surface area (Å²) in [5.74, 6) is -0.225. The molecular formula is C30H39FN4O2. The molecule has 0 aliphatic carbocycles. The molecule has 3 atom stereocenters. The van der Waals surface area contributed by atoms with Gasteiger partial charge in [0, 0.05) is 36.8 Å². The summed E-state index contributed by atoms with van der Waals surface area (Å²) < 4.78 is 13.4. The molecule has 2 aromatic rings. The number of rotatable bonds is 7. The number of piperidine rings is 1. The van der Waals surface area contributed by atoms with Crippen LogP contribution in [0, 0.1) is 35.9 Å². The van der Waals surface area contributed by atoms with Crippen molar-refractivity contribution in [3.8, 4) is 0 Å². The molecule has 1 saturated heterocycles. The van der Waals surface area contributed by atoms with Crippen LogP contribution in [-0.4, -0.2) is 36.4 Å². The lowest BCUT2D eigenvalue weighted by Crippen LogP contribution is -2.50. The number of amides is 2. The highest BCUT2D eigenvalue weighted by molar-refractivity contribution is 6.03. The van der Waals surface area contributed by atoms with Crippen LogP contribution in [0.25, 0.3) is 0 Å². The van der Waals surface area contributed by atoms with Crippen LogP contribution in [0.4, 0.5) is 10.1 Å². The van der Waals surface area contributed by atoms with Crippen molar-refractivity contribution < 1.29 is 14.0 Å². The molecule has 7 heteroatoms. The Balaban J connectivity index is 1.49. The lowest BCUT2D eigenvalue weighted by atomic mass is 9.71. The molecular weight excluding hydrogens is 467 g/mol. The molecule has 0 radical (unpaired) electrons. The number of benzene rings is 1. The minimum Gasteiger partial charge on any atom is -0.347 e. The van der Waals surface area contributed by atoms with Gasteiger partial charge in [0.25, 0.3) is 5.91 Å². The molecule has 198 valence electrons. The van der Waals surface area contributed by atoms with Crippen LogP contribution in [0.2, 0.25) is 0 Å². The van der Waals surface area contributed by atoms with Crippen molar-refractivity contribution in [1.82, 2.24) is 15.6 Å². The van der Waals surface area contributed by atoms with Crippen molar-refractivity contribution in [2.75, 3.05) is 24.5 Å². The van der Waals surface area contributed by atoms with Gasteiger partial charge in [0.15, 0.2) is 0 Å². The maximum atomic E-state index is 13.4. The molecule has 6 nitrogen and oxygen atoms in total. The van der Waals surface area contributed by atoms with Crippen molar-refractivity contribution >= 4 is 17.5 Å². The average molecular weight is 507 g/mol. The van der Waals surface area contributed by atoms with Crippen LogP contribution >= 0.6 is 0 Å². The summed E-state index contributed by atoms with van der Waals surface area (Å²) in [5, 5.41) is 6.62. The standard InChI is InChI=1S/C30H39FN4O2/c1-19(2)12-26(25-11-10-23(31)17-33-25)34-29(37)22-13-21(15-32-16-22)24-14-28(36)35(18-30(24,4)5)27-9-7-6-8-20(27)3/h6-11,14,17,19,21-22,26,32H,12-13,15-16,18H2,1-5H3,(H,34,37)/t21-,22+,26?/m1/s1. The number of aromatic nitrogens is 1. The summed E-state index contributed by atoms with van der Waals surface area (Å²) >= 11 is 0. The van der Waals surface area contributed by atoms with Gasteiger partial charge < -0.3 is 15.5 Å². The second kappa shape index (κ2) is 11.1. The van der Waals surface area contributed by atoms with Gasteiger partial charge in [-0.2, -0.15) is 0 Å². The highest BCUT2D eigenvalue weighted by Crippen LogP contribution is 2.41. The van der Waals surface area contributed by atoms with Gasteiger partial charge in [-0.05, 0) is 55.4 Å². The second-order valence-corrected chi connectivity index (χ2v) is 11.6. The van der Waals surface area contributed by atoms with E-state index in [1.807, 2.05) is 36.1 Å². The molecule has 37 heavy (non-hydrogen) atoms. The molecule has 0 spiro atoms. The number of hydrogen-bond acceptors (Lipinski definition) is 4. The highest BCUT2D eigenvalue weighted by atomic mass is 19.1. The van der Waals surface area contributed by atoms with E-state index in [0.29, 0.717) is 31.1 Å². The first-order valence-electron chi connectivity index (χ1n) is 13.3. The normalized spacial score (nSPS) is 22.5. The number of nitrogens with zero attached hydrogens (tertiary/aromatic N) is 2. The minimum atomic E-state index is -0.392. The zero-order valence-electron chi connectivity index (χ0n) is 22.6. The first kappa shape index (κ1) is 27.0. The van der Waals surface area contributed by atoms with E-state index in [1.165, 1.54) is 12.3 Å². The van der Waals surface area contributed by atoms with Gasteiger partial charge in [0.05, 0.1) is 23.9 Å². The Morgan fingerprint density at radius 2 is 1.97 bits per heavy atom. The van der Waals surface area contributed by atoms with Crippen molar-refractivity contribution in [3.05, 3.63) is 71.3 Å². The number of para-hydroxylation sites is 1. The number of carbonyl (C=O) groups is 2. The minimum absolute atomic E-state index is 0.00502. The number of hydrogen-bond donors (Lipinski definition) is 2. The monoisotopic (exact) mass is 506 g/mol. The summed E-state index contributed by atoms with van der Waals surface area (Å²) in [7, 11) is 0. The summed E-state index contributed by atoms with van der Waals surface area (Å²) in [6.45, 7) is 12.5. The lowest BCUT2D eigenvalue weighted by Gasteiger charge is -2.43. The Labute approximate surface area is 219 Å². The van der Waals surface area contributed by atoms with Crippen molar-refractivity contribution in [2.45, 2.75) is 53.5 Å². The van der Waals surface area contributed by atoms with E-state index in [-0.39, 0.29) is 35.1 Å². The highest BCUT2D eigenvalue weighted by Gasteiger charge is 2.40. The first-order chi connectivity index (χ1) is 17.5. The van der Waals surface area contributed by atoms with E-state index in [9.17, 15) is 14.0 Å². The maximum absolute atomic E-state index is 13.4. The molecule has 0 saturated carbocycles. The number of anilines is 1. The fourth-order valence-electron chi connectivity index (χ4n) is 5.70. The molecule has 1 aromatic heterocycles. The maximum Gasteiger partial charge on any atom is 0.250 e. The third-order valence-electron chi connectivity index (χ3n) is 7.58. The molecule has 1 fully saturated rings. The Morgan fingerprint density at radius 1 is 1.22 bits per heavy atom. The molecule has 2 aliphatic rings. The van der Waals surface area contributed by atoms with Gasteiger partial charge in [0.2, 0.25) is 5.91 Å². The average Bonchev–Trinajstić information content (AvgIpc) is 2.85.